The van der Waals surface area contributed by atoms with Gasteiger partial charge in [0.15, 0.2) is 0 Å². The zero-order valence-corrected chi connectivity index (χ0v) is 11.2. The molecule has 100 valence electrons. The summed E-state index contributed by atoms with van der Waals surface area (Å²) in [5.74, 6) is 0.159. The molecule has 1 aliphatic heterocycles. The molecule has 1 amide bonds. The predicted octanol–water partition coefficient (Wildman–Crippen LogP) is 1.18. The quantitative estimate of drug-likeness (QED) is 0.873. The number of rotatable bonds is 4. The number of hydrogen-bond donors (Lipinski definition) is 1. The maximum absolute atomic E-state index is 11.6. The van der Waals surface area contributed by atoms with Crippen molar-refractivity contribution >= 4 is 5.91 Å². The van der Waals surface area contributed by atoms with Crippen LogP contribution >= 0.6 is 0 Å². The number of piperidine rings is 1. The van der Waals surface area contributed by atoms with Crippen molar-refractivity contribution in [3.05, 3.63) is 18.2 Å². The molecule has 0 aromatic carbocycles. The smallest absolute Gasteiger partial charge is 0.223 e. The Balaban J connectivity index is 1.96. The molecule has 1 aromatic heterocycles. The number of amides is 1. The maximum Gasteiger partial charge on any atom is 0.223 e. The summed E-state index contributed by atoms with van der Waals surface area (Å²) >= 11 is 0. The minimum atomic E-state index is 0.159. The summed E-state index contributed by atoms with van der Waals surface area (Å²) in [7, 11) is 3.58. The van der Waals surface area contributed by atoms with Crippen LogP contribution in [0.15, 0.2) is 12.5 Å². The minimum Gasteiger partial charge on any atom is -0.349 e. The number of aryl methyl sites for hydroxylation is 1. The van der Waals surface area contributed by atoms with Gasteiger partial charge in [0.1, 0.15) is 0 Å². The number of aromatic nitrogens is 2. The summed E-state index contributed by atoms with van der Waals surface area (Å²) in [5.41, 5.74) is 1.21. The van der Waals surface area contributed by atoms with Gasteiger partial charge in [0.05, 0.1) is 12.0 Å². The molecule has 0 spiro atoms. The second kappa shape index (κ2) is 6.00. The standard InChI is InChI=1S/C13H22N4O/c1-16(2)13(18)6-8-17-10-14-9-12(17)11-5-3-4-7-15-11/h9-11,15H,3-8H2,1-2H3. The molecule has 1 aliphatic rings. The van der Waals surface area contributed by atoms with Crippen LogP contribution in [0.5, 0.6) is 0 Å². The number of nitrogens with zero attached hydrogens (tertiary/aromatic N) is 3. The van der Waals surface area contributed by atoms with Crippen molar-refractivity contribution in [2.45, 2.75) is 38.3 Å². The van der Waals surface area contributed by atoms with Crippen LogP contribution in [0.3, 0.4) is 0 Å². The first-order valence-electron chi connectivity index (χ1n) is 6.62. The Morgan fingerprint density at radius 2 is 2.39 bits per heavy atom. The van der Waals surface area contributed by atoms with Gasteiger partial charge in [-0.2, -0.15) is 0 Å². The molecule has 1 unspecified atom stereocenters. The molecule has 1 fully saturated rings. The zero-order chi connectivity index (χ0) is 13.0. The van der Waals surface area contributed by atoms with E-state index in [0.717, 1.165) is 13.0 Å². The van der Waals surface area contributed by atoms with Gasteiger partial charge in [-0.1, -0.05) is 6.42 Å². The average molecular weight is 250 g/mol. The normalized spacial score (nSPS) is 19.8. The van der Waals surface area contributed by atoms with Crippen molar-refractivity contribution in [3.63, 3.8) is 0 Å². The summed E-state index contributed by atoms with van der Waals surface area (Å²) in [6, 6.07) is 0.399. The van der Waals surface area contributed by atoms with E-state index in [-0.39, 0.29) is 5.91 Å². The molecule has 0 bridgehead atoms. The molecule has 0 saturated carbocycles. The van der Waals surface area contributed by atoms with Crippen molar-refractivity contribution < 1.29 is 4.79 Å². The topological polar surface area (TPSA) is 50.2 Å². The first-order chi connectivity index (χ1) is 8.68. The number of carbonyl (C=O) groups is 1. The zero-order valence-electron chi connectivity index (χ0n) is 11.2. The van der Waals surface area contributed by atoms with E-state index in [9.17, 15) is 4.79 Å². The Hall–Kier alpha value is -1.36. The SMILES string of the molecule is CN(C)C(=O)CCn1cncc1C1CCCCN1. The van der Waals surface area contributed by atoms with Crippen LogP contribution in [0.1, 0.15) is 37.4 Å². The van der Waals surface area contributed by atoms with E-state index in [1.165, 1.54) is 18.5 Å². The lowest BCUT2D eigenvalue weighted by atomic mass is 10.0. The summed E-state index contributed by atoms with van der Waals surface area (Å²) in [6.45, 7) is 1.79. The molecule has 18 heavy (non-hydrogen) atoms. The van der Waals surface area contributed by atoms with E-state index >= 15 is 0 Å². The van der Waals surface area contributed by atoms with E-state index < -0.39 is 0 Å². The number of hydrogen-bond acceptors (Lipinski definition) is 3. The summed E-state index contributed by atoms with van der Waals surface area (Å²) in [5, 5.41) is 3.52. The van der Waals surface area contributed by atoms with E-state index in [0.29, 0.717) is 19.0 Å². The average Bonchev–Trinajstić information content (AvgIpc) is 2.85. The molecule has 5 nitrogen and oxygen atoms in total. The molecule has 2 rings (SSSR count). The van der Waals surface area contributed by atoms with Crippen molar-refractivity contribution in [2.75, 3.05) is 20.6 Å². The van der Waals surface area contributed by atoms with Crippen molar-refractivity contribution in [1.82, 2.24) is 19.8 Å². The van der Waals surface area contributed by atoms with Crippen molar-refractivity contribution in [1.29, 1.82) is 0 Å². The summed E-state index contributed by atoms with van der Waals surface area (Å²) in [6.07, 6.45) is 7.96. The van der Waals surface area contributed by atoms with Gasteiger partial charge < -0.3 is 14.8 Å². The van der Waals surface area contributed by atoms with Crippen molar-refractivity contribution in [3.8, 4) is 0 Å². The highest BCUT2D eigenvalue weighted by Crippen LogP contribution is 2.22. The first kappa shape index (κ1) is 13.1. The highest BCUT2D eigenvalue weighted by atomic mass is 16.2. The first-order valence-corrected chi connectivity index (χ1v) is 6.62. The Bertz CT molecular complexity index is 393. The third-order valence-electron chi connectivity index (χ3n) is 3.48. The van der Waals surface area contributed by atoms with Gasteiger partial charge >= 0.3 is 0 Å². The molecule has 5 heteroatoms. The molecule has 0 radical (unpaired) electrons. The van der Waals surface area contributed by atoms with E-state index in [2.05, 4.69) is 14.9 Å². The Kier molecular flexibility index (Phi) is 4.36. The third kappa shape index (κ3) is 3.10. The van der Waals surface area contributed by atoms with E-state index in [1.54, 1.807) is 19.0 Å². The van der Waals surface area contributed by atoms with Gasteiger partial charge in [-0.05, 0) is 19.4 Å². The molecule has 1 N–H and O–H groups in total. The number of nitrogens with one attached hydrogen (secondary N) is 1. The van der Waals surface area contributed by atoms with E-state index in [4.69, 9.17) is 0 Å². The van der Waals surface area contributed by atoms with E-state index in [1.807, 2.05) is 12.5 Å². The molecular formula is C13H22N4O. The van der Waals surface area contributed by atoms with Crippen LogP contribution < -0.4 is 5.32 Å². The largest absolute Gasteiger partial charge is 0.349 e. The highest BCUT2D eigenvalue weighted by molar-refractivity contribution is 5.75. The fourth-order valence-corrected chi connectivity index (χ4v) is 2.35. The van der Waals surface area contributed by atoms with Gasteiger partial charge in [-0.25, -0.2) is 4.98 Å². The fraction of sp³-hybridized carbons (Fsp3) is 0.692. The van der Waals surface area contributed by atoms with Crippen LogP contribution in [0.2, 0.25) is 0 Å². The van der Waals surface area contributed by atoms with Gasteiger partial charge in [-0.3, -0.25) is 4.79 Å². The summed E-state index contributed by atoms with van der Waals surface area (Å²) < 4.78 is 2.10. The molecule has 1 aromatic rings. The maximum atomic E-state index is 11.6. The monoisotopic (exact) mass is 250 g/mol. The van der Waals surface area contributed by atoms with Crippen LogP contribution in [0, 0.1) is 0 Å². The molecule has 2 heterocycles. The van der Waals surface area contributed by atoms with Crippen molar-refractivity contribution in [2.24, 2.45) is 0 Å². The fourth-order valence-electron chi connectivity index (χ4n) is 2.35. The summed E-state index contributed by atoms with van der Waals surface area (Å²) in [4.78, 5) is 17.5. The second-order valence-electron chi connectivity index (χ2n) is 5.05. The van der Waals surface area contributed by atoms with Gasteiger partial charge in [-0.15, -0.1) is 0 Å². The van der Waals surface area contributed by atoms with Gasteiger partial charge in [0.25, 0.3) is 0 Å². The lowest BCUT2D eigenvalue weighted by Crippen LogP contribution is -2.29. The number of carbonyl (C=O) groups excluding carboxylic acids is 1. The Morgan fingerprint density at radius 1 is 1.56 bits per heavy atom. The molecule has 1 saturated heterocycles. The lowest BCUT2D eigenvalue weighted by Gasteiger charge is -2.24. The third-order valence-corrected chi connectivity index (χ3v) is 3.48. The van der Waals surface area contributed by atoms with Crippen LogP contribution in [-0.4, -0.2) is 41.0 Å². The van der Waals surface area contributed by atoms with Crippen LogP contribution in [0.25, 0.3) is 0 Å². The Morgan fingerprint density at radius 3 is 3.06 bits per heavy atom. The lowest BCUT2D eigenvalue weighted by molar-refractivity contribution is -0.128. The van der Waals surface area contributed by atoms with Crippen LogP contribution in [-0.2, 0) is 11.3 Å². The van der Waals surface area contributed by atoms with Gasteiger partial charge in [0, 0.05) is 39.3 Å². The minimum absolute atomic E-state index is 0.159. The Labute approximate surface area is 108 Å². The van der Waals surface area contributed by atoms with Gasteiger partial charge in [0.2, 0.25) is 5.91 Å². The number of imidazole rings is 1. The molecule has 0 aliphatic carbocycles. The molecular weight excluding hydrogens is 228 g/mol. The predicted molar refractivity (Wildman–Crippen MR) is 70.1 cm³/mol. The molecule has 1 atom stereocenters. The highest BCUT2D eigenvalue weighted by Gasteiger charge is 2.18. The van der Waals surface area contributed by atoms with Crippen LogP contribution in [0.4, 0.5) is 0 Å². The second-order valence-corrected chi connectivity index (χ2v) is 5.05.